The van der Waals surface area contributed by atoms with Gasteiger partial charge in [-0.2, -0.15) is 0 Å². The second-order valence-electron chi connectivity index (χ2n) is 13.3. The number of aromatic nitrogens is 3. The van der Waals surface area contributed by atoms with Crippen molar-refractivity contribution in [3.8, 4) is 50.2 Å². The van der Waals surface area contributed by atoms with Gasteiger partial charge in [0, 0.05) is 41.1 Å². The highest BCUT2D eigenvalue weighted by Gasteiger charge is 2.40. The molecule has 0 spiro atoms. The Kier molecular flexibility index (Phi) is 7.34. The second kappa shape index (κ2) is 12.7. The molecule has 0 bridgehead atoms. The fourth-order valence-corrected chi connectivity index (χ4v) is 7.89. The summed E-state index contributed by atoms with van der Waals surface area (Å²) >= 11 is 0. The van der Waals surface area contributed by atoms with Crippen LogP contribution in [-0.4, -0.2) is 26.3 Å². The Morgan fingerprint density at radius 1 is 0.370 bits per heavy atom. The molecule has 4 heterocycles. The zero-order valence-electron chi connectivity index (χ0n) is 28.9. The average molecular weight is 695 g/mol. The van der Waals surface area contributed by atoms with E-state index in [4.69, 9.17) is 0 Å². The number of imide groups is 1. The third-order valence-electron chi connectivity index (χ3n) is 10.4. The summed E-state index contributed by atoms with van der Waals surface area (Å²) in [4.78, 5) is 39.5. The Morgan fingerprint density at radius 2 is 0.889 bits per heavy atom. The van der Waals surface area contributed by atoms with Gasteiger partial charge < -0.3 is 4.57 Å². The lowest BCUT2D eigenvalue weighted by Crippen LogP contribution is -2.30. The molecular formula is C48H30N4O2. The molecule has 6 heteroatoms. The van der Waals surface area contributed by atoms with E-state index >= 15 is 4.79 Å². The first-order chi connectivity index (χ1) is 26.7. The SMILES string of the molecule is O=C1c2cccc(-n3c4cc(-c5ccncc5)ccc4c4ccc(-c5ccncc5)cc43)c2C(=O)N1c1cccc(-c2ccccc2)c1-c1ccccc1. The highest BCUT2D eigenvalue weighted by Crippen LogP contribution is 2.44. The molecular weight excluding hydrogens is 665 g/mol. The molecule has 0 radical (unpaired) electrons. The van der Waals surface area contributed by atoms with Gasteiger partial charge in [0.25, 0.3) is 11.8 Å². The normalized spacial score (nSPS) is 12.5. The van der Waals surface area contributed by atoms with E-state index < -0.39 is 0 Å². The van der Waals surface area contributed by atoms with E-state index in [2.05, 4.69) is 63.1 Å². The number of fused-ring (bicyclic) bond motifs is 4. The van der Waals surface area contributed by atoms with Crippen molar-refractivity contribution in [1.82, 2.24) is 14.5 Å². The Labute approximate surface area is 311 Å². The molecule has 0 aliphatic carbocycles. The standard InChI is InChI=1S/C48H30N4O2/c53-47-40-14-8-16-42(46(40)48(54)52(47)41-15-7-13-37(33-9-3-1-4-10-33)45(41)34-11-5-2-6-12-34)51-43-29-35(31-21-25-49-26-22-31)17-19-38(43)39-20-18-36(30-44(39)51)32-23-27-50-28-24-32/h1-30H. The lowest BCUT2D eigenvalue weighted by atomic mass is 9.92. The summed E-state index contributed by atoms with van der Waals surface area (Å²) in [5.74, 6) is -0.714. The zero-order chi connectivity index (χ0) is 36.2. The first-order valence-corrected chi connectivity index (χ1v) is 17.8. The minimum atomic E-state index is -0.362. The largest absolute Gasteiger partial charge is 0.308 e. The first kappa shape index (κ1) is 31.3. The zero-order valence-corrected chi connectivity index (χ0v) is 28.9. The van der Waals surface area contributed by atoms with Crippen molar-refractivity contribution in [2.75, 3.05) is 4.90 Å². The Hall–Kier alpha value is -7.44. The third kappa shape index (κ3) is 4.96. The van der Waals surface area contributed by atoms with Gasteiger partial charge in [-0.3, -0.25) is 19.6 Å². The van der Waals surface area contributed by atoms with Gasteiger partial charge in [0.2, 0.25) is 0 Å². The molecule has 1 aliphatic rings. The molecule has 54 heavy (non-hydrogen) atoms. The molecule has 6 nitrogen and oxygen atoms in total. The molecule has 0 atom stereocenters. The van der Waals surface area contributed by atoms with E-state index in [0.717, 1.165) is 66.3 Å². The summed E-state index contributed by atoms with van der Waals surface area (Å²) < 4.78 is 2.14. The fourth-order valence-electron chi connectivity index (χ4n) is 7.89. The highest BCUT2D eigenvalue weighted by atomic mass is 16.2. The molecule has 0 fully saturated rings. The molecule has 10 rings (SSSR count). The number of carbonyl (C=O) groups excluding carboxylic acids is 2. The van der Waals surface area contributed by atoms with Crippen LogP contribution in [0.2, 0.25) is 0 Å². The van der Waals surface area contributed by atoms with Crippen molar-refractivity contribution >= 4 is 39.3 Å². The lowest BCUT2D eigenvalue weighted by Gasteiger charge is -2.22. The van der Waals surface area contributed by atoms with Crippen LogP contribution in [0.15, 0.2) is 183 Å². The van der Waals surface area contributed by atoms with Gasteiger partial charge in [0.05, 0.1) is 33.5 Å². The predicted octanol–water partition coefficient (Wildman–Crippen LogP) is 11.0. The minimum absolute atomic E-state index is 0.352. The summed E-state index contributed by atoms with van der Waals surface area (Å²) in [6.07, 6.45) is 7.15. The van der Waals surface area contributed by atoms with Crippen LogP contribution in [0.4, 0.5) is 5.69 Å². The molecule has 0 N–H and O–H groups in total. The van der Waals surface area contributed by atoms with E-state index in [1.807, 2.05) is 103 Å². The maximum atomic E-state index is 15.1. The van der Waals surface area contributed by atoms with E-state index in [-0.39, 0.29) is 11.8 Å². The fraction of sp³-hybridized carbons (Fsp3) is 0. The monoisotopic (exact) mass is 694 g/mol. The smallest absolute Gasteiger partial charge is 0.268 e. The number of pyridine rings is 2. The first-order valence-electron chi connectivity index (χ1n) is 17.8. The van der Waals surface area contributed by atoms with Gasteiger partial charge in [-0.05, 0) is 93.5 Å². The van der Waals surface area contributed by atoms with Crippen molar-refractivity contribution in [3.63, 3.8) is 0 Å². The van der Waals surface area contributed by atoms with Gasteiger partial charge >= 0.3 is 0 Å². The maximum absolute atomic E-state index is 15.1. The van der Waals surface area contributed by atoms with Crippen molar-refractivity contribution in [2.24, 2.45) is 0 Å². The van der Waals surface area contributed by atoms with Crippen LogP contribution in [0.5, 0.6) is 0 Å². The number of hydrogen-bond acceptors (Lipinski definition) is 4. The summed E-state index contributed by atoms with van der Waals surface area (Å²) in [7, 11) is 0. The molecule has 3 aromatic heterocycles. The Balaban J connectivity index is 1.21. The van der Waals surface area contributed by atoms with Crippen LogP contribution < -0.4 is 4.90 Å². The number of rotatable bonds is 6. The maximum Gasteiger partial charge on any atom is 0.268 e. The van der Waals surface area contributed by atoms with Gasteiger partial charge in [-0.25, -0.2) is 4.90 Å². The summed E-state index contributed by atoms with van der Waals surface area (Å²) in [5, 5.41) is 2.08. The van der Waals surface area contributed by atoms with Crippen molar-refractivity contribution in [1.29, 1.82) is 0 Å². The molecule has 6 aromatic carbocycles. The average Bonchev–Trinajstić information content (AvgIpc) is 3.71. The molecule has 1 aliphatic heterocycles. The molecule has 0 saturated heterocycles. The van der Waals surface area contributed by atoms with Gasteiger partial charge in [0.1, 0.15) is 0 Å². The number of nitrogens with zero attached hydrogens (tertiary/aromatic N) is 4. The van der Waals surface area contributed by atoms with Crippen LogP contribution in [0, 0.1) is 0 Å². The van der Waals surface area contributed by atoms with E-state index in [1.165, 1.54) is 4.90 Å². The Bertz CT molecular complexity index is 2810. The number of benzene rings is 6. The molecule has 9 aromatic rings. The quantitative estimate of drug-likeness (QED) is 0.163. The number of anilines is 1. The number of amides is 2. The third-order valence-corrected chi connectivity index (χ3v) is 10.4. The van der Waals surface area contributed by atoms with Crippen molar-refractivity contribution in [3.05, 3.63) is 194 Å². The van der Waals surface area contributed by atoms with Crippen LogP contribution in [0.3, 0.4) is 0 Å². The van der Waals surface area contributed by atoms with Gasteiger partial charge in [-0.15, -0.1) is 0 Å². The number of hydrogen-bond donors (Lipinski definition) is 0. The van der Waals surface area contributed by atoms with Gasteiger partial charge in [0.15, 0.2) is 0 Å². The lowest BCUT2D eigenvalue weighted by molar-refractivity contribution is 0.0926. The number of carbonyl (C=O) groups is 2. The van der Waals surface area contributed by atoms with Crippen molar-refractivity contribution in [2.45, 2.75) is 0 Å². The summed E-state index contributed by atoms with van der Waals surface area (Å²) in [6.45, 7) is 0. The summed E-state index contributed by atoms with van der Waals surface area (Å²) in [5.41, 5.74) is 11.5. The molecule has 254 valence electrons. The van der Waals surface area contributed by atoms with E-state index in [9.17, 15) is 4.79 Å². The van der Waals surface area contributed by atoms with Crippen LogP contribution in [0.1, 0.15) is 20.7 Å². The van der Waals surface area contributed by atoms with Crippen molar-refractivity contribution < 1.29 is 9.59 Å². The summed E-state index contributed by atoms with van der Waals surface area (Å²) in [6, 6.07) is 52.3. The Morgan fingerprint density at radius 3 is 1.46 bits per heavy atom. The van der Waals surface area contributed by atoms with Crippen LogP contribution in [-0.2, 0) is 0 Å². The predicted molar refractivity (Wildman–Crippen MR) is 216 cm³/mol. The second-order valence-corrected chi connectivity index (χ2v) is 13.3. The minimum Gasteiger partial charge on any atom is -0.308 e. The highest BCUT2D eigenvalue weighted by molar-refractivity contribution is 6.37. The molecule has 0 saturated carbocycles. The van der Waals surface area contributed by atoms with E-state index in [0.29, 0.717) is 22.5 Å². The van der Waals surface area contributed by atoms with Crippen LogP contribution in [0.25, 0.3) is 72.0 Å². The molecule has 2 amide bonds. The van der Waals surface area contributed by atoms with Crippen LogP contribution >= 0.6 is 0 Å². The van der Waals surface area contributed by atoms with Gasteiger partial charge in [-0.1, -0.05) is 103 Å². The van der Waals surface area contributed by atoms with E-state index in [1.54, 1.807) is 30.9 Å². The molecule has 0 unspecified atom stereocenters. The topological polar surface area (TPSA) is 68.1 Å².